The van der Waals surface area contributed by atoms with Crippen molar-refractivity contribution in [2.45, 2.75) is 39.5 Å². The highest BCUT2D eigenvalue weighted by molar-refractivity contribution is 6.30. The van der Waals surface area contributed by atoms with Crippen LogP contribution in [0.2, 0.25) is 5.15 Å². The van der Waals surface area contributed by atoms with Crippen LogP contribution in [-0.2, 0) is 11.2 Å². The first-order chi connectivity index (χ1) is 9.10. The number of primary amides is 1. The maximum atomic E-state index is 11.2. The van der Waals surface area contributed by atoms with Crippen molar-refractivity contribution in [3.8, 4) is 0 Å². The second-order valence-electron chi connectivity index (χ2n) is 4.46. The van der Waals surface area contributed by atoms with Crippen molar-refractivity contribution < 1.29 is 4.79 Å². The van der Waals surface area contributed by atoms with Crippen LogP contribution in [0.15, 0.2) is 6.33 Å². The summed E-state index contributed by atoms with van der Waals surface area (Å²) in [6.07, 6.45) is 5.17. The molecule has 0 saturated heterocycles. The minimum Gasteiger partial charge on any atom is -0.368 e. The molecule has 0 unspecified atom stereocenters. The van der Waals surface area contributed by atoms with Crippen LogP contribution in [0.1, 0.15) is 38.7 Å². The Hall–Kier alpha value is -1.36. The normalized spacial score (nSPS) is 10.5. The van der Waals surface area contributed by atoms with Crippen molar-refractivity contribution in [3.05, 3.63) is 17.0 Å². The standard InChI is InChI=1S/C13H21ClN4O/c1-3-5-7-18(8-11(15)19)13-10(6-4-2)12(14)16-9-17-13/h9H,3-8H2,1-2H3,(H2,15,19). The van der Waals surface area contributed by atoms with Gasteiger partial charge in [0.1, 0.15) is 17.3 Å². The highest BCUT2D eigenvalue weighted by atomic mass is 35.5. The quantitative estimate of drug-likeness (QED) is 0.743. The summed E-state index contributed by atoms with van der Waals surface area (Å²) in [6, 6.07) is 0. The SMILES string of the molecule is CCCCN(CC(N)=O)c1ncnc(Cl)c1CCC. The van der Waals surface area contributed by atoms with Crippen molar-refractivity contribution in [2.75, 3.05) is 18.0 Å². The zero-order valence-corrected chi connectivity index (χ0v) is 12.3. The molecule has 5 nitrogen and oxygen atoms in total. The molecule has 0 radical (unpaired) electrons. The Labute approximate surface area is 119 Å². The minimum atomic E-state index is -0.367. The maximum Gasteiger partial charge on any atom is 0.236 e. The average molecular weight is 285 g/mol. The van der Waals surface area contributed by atoms with Crippen molar-refractivity contribution in [2.24, 2.45) is 5.73 Å². The fraction of sp³-hybridized carbons (Fsp3) is 0.615. The molecule has 19 heavy (non-hydrogen) atoms. The van der Waals surface area contributed by atoms with Gasteiger partial charge in [-0.15, -0.1) is 0 Å². The van der Waals surface area contributed by atoms with E-state index in [0.29, 0.717) is 5.15 Å². The number of nitrogens with zero attached hydrogens (tertiary/aromatic N) is 3. The first kappa shape index (κ1) is 15.7. The van der Waals surface area contributed by atoms with E-state index in [1.807, 2.05) is 4.90 Å². The van der Waals surface area contributed by atoms with Gasteiger partial charge < -0.3 is 10.6 Å². The third-order valence-electron chi connectivity index (χ3n) is 2.80. The van der Waals surface area contributed by atoms with Gasteiger partial charge in [-0.1, -0.05) is 38.3 Å². The van der Waals surface area contributed by atoms with Crippen LogP contribution in [0.5, 0.6) is 0 Å². The van der Waals surface area contributed by atoms with Crippen LogP contribution in [0.25, 0.3) is 0 Å². The van der Waals surface area contributed by atoms with Crippen LogP contribution < -0.4 is 10.6 Å². The summed E-state index contributed by atoms with van der Waals surface area (Å²) >= 11 is 6.13. The third-order valence-corrected chi connectivity index (χ3v) is 3.12. The van der Waals surface area contributed by atoms with E-state index in [9.17, 15) is 4.79 Å². The van der Waals surface area contributed by atoms with Crippen LogP contribution in [0.4, 0.5) is 5.82 Å². The summed E-state index contributed by atoms with van der Waals surface area (Å²) in [5, 5.41) is 0.456. The van der Waals surface area contributed by atoms with Gasteiger partial charge in [0, 0.05) is 12.1 Å². The fourth-order valence-electron chi connectivity index (χ4n) is 1.92. The van der Waals surface area contributed by atoms with Crippen molar-refractivity contribution in [1.82, 2.24) is 9.97 Å². The number of hydrogen-bond acceptors (Lipinski definition) is 4. The van der Waals surface area contributed by atoms with Crippen LogP contribution in [0, 0.1) is 0 Å². The lowest BCUT2D eigenvalue weighted by Gasteiger charge is -2.24. The number of carbonyl (C=O) groups excluding carboxylic acids is 1. The van der Waals surface area contributed by atoms with E-state index in [1.165, 1.54) is 6.33 Å². The molecular weight excluding hydrogens is 264 g/mol. The van der Waals surface area contributed by atoms with Gasteiger partial charge in [0.2, 0.25) is 5.91 Å². The highest BCUT2D eigenvalue weighted by Crippen LogP contribution is 2.25. The molecule has 6 heteroatoms. The predicted octanol–water partition coefficient (Wildman–Crippen LogP) is 2.17. The van der Waals surface area contributed by atoms with Gasteiger partial charge >= 0.3 is 0 Å². The Morgan fingerprint density at radius 1 is 1.37 bits per heavy atom. The monoisotopic (exact) mass is 284 g/mol. The summed E-state index contributed by atoms with van der Waals surface area (Å²) in [5.74, 6) is 0.363. The van der Waals surface area contributed by atoms with E-state index in [1.54, 1.807) is 0 Å². The largest absolute Gasteiger partial charge is 0.368 e. The molecule has 0 aliphatic rings. The average Bonchev–Trinajstić information content (AvgIpc) is 2.37. The number of nitrogens with two attached hydrogens (primary N) is 1. The van der Waals surface area contributed by atoms with Gasteiger partial charge in [0.15, 0.2) is 0 Å². The molecule has 1 aromatic rings. The Kier molecular flexibility index (Phi) is 6.56. The topological polar surface area (TPSA) is 72.1 Å². The first-order valence-corrected chi connectivity index (χ1v) is 7.00. The van der Waals surface area contributed by atoms with Gasteiger partial charge in [0.05, 0.1) is 6.54 Å². The fourth-order valence-corrected chi connectivity index (χ4v) is 2.14. The summed E-state index contributed by atoms with van der Waals surface area (Å²) in [7, 11) is 0. The van der Waals surface area contributed by atoms with Crippen molar-refractivity contribution in [1.29, 1.82) is 0 Å². The number of aromatic nitrogens is 2. The molecule has 0 aliphatic carbocycles. The molecule has 1 aromatic heterocycles. The Morgan fingerprint density at radius 2 is 2.11 bits per heavy atom. The number of halogens is 1. The highest BCUT2D eigenvalue weighted by Gasteiger charge is 2.17. The number of unbranched alkanes of at least 4 members (excludes halogenated alkanes) is 1. The molecule has 0 spiro atoms. The molecule has 0 fully saturated rings. The van der Waals surface area contributed by atoms with Crippen LogP contribution in [0.3, 0.4) is 0 Å². The van der Waals surface area contributed by atoms with Crippen molar-refractivity contribution >= 4 is 23.3 Å². The number of rotatable bonds is 8. The molecule has 0 saturated carbocycles. The molecule has 2 N–H and O–H groups in total. The lowest BCUT2D eigenvalue weighted by Crippen LogP contribution is -2.35. The second kappa shape index (κ2) is 7.94. The molecule has 1 heterocycles. The lowest BCUT2D eigenvalue weighted by molar-refractivity contribution is -0.116. The van der Waals surface area contributed by atoms with E-state index < -0.39 is 0 Å². The van der Waals surface area contributed by atoms with Gasteiger partial charge in [-0.05, 0) is 12.8 Å². The Morgan fingerprint density at radius 3 is 2.68 bits per heavy atom. The first-order valence-electron chi connectivity index (χ1n) is 6.62. The van der Waals surface area contributed by atoms with Crippen LogP contribution >= 0.6 is 11.6 Å². The number of anilines is 1. The lowest BCUT2D eigenvalue weighted by atomic mass is 10.1. The van der Waals surface area contributed by atoms with Crippen molar-refractivity contribution in [3.63, 3.8) is 0 Å². The third kappa shape index (κ3) is 4.67. The molecule has 106 valence electrons. The Bertz CT molecular complexity index is 425. The molecule has 0 aromatic carbocycles. The second-order valence-corrected chi connectivity index (χ2v) is 4.82. The molecule has 0 atom stereocenters. The van der Waals surface area contributed by atoms with Gasteiger partial charge in [0.25, 0.3) is 0 Å². The van der Waals surface area contributed by atoms with E-state index in [0.717, 1.165) is 43.6 Å². The summed E-state index contributed by atoms with van der Waals surface area (Å²) in [6.45, 7) is 5.06. The Balaban J connectivity index is 3.05. The summed E-state index contributed by atoms with van der Waals surface area (Å²) in [4.78, 5) is 21.4. The molecular formula is C13H21ClN4O. The van der Waals surface area contributed by atoms with Crippen LogP contribution in [-0.4, -0.2) is 29.0 Å². The van der Waals surface area contributed by atoms with E-state index in [4.69, 9.17) is 17.3 Å². The zero-order valence-electron chi connectivity index (χ0n) is 11.5. The molecule has 1 amide bonds. The van der Waals surface area contributed by atoms with E-state index in [2.05, 4.69) is 23.8 Å². The number of carbonyl (C=O) groups is 1. The van der Waals surface area contributed by atoms with E-state index >= 15 is 0 Å². The molecule has 1 rings (SSSR count). The van der Waals surface area contributed by atoms with Gasteiger partial charge in [-0.2, -0.15) is 0 Å². The van der Waals surface area contributed by atoms with E-state index in [-0.39, 0.29) is 12.5 Å². The minimum absolute atomic E-state index is 0.157. The number of amides is 1. The van der Waals surface area contributed by atoms with Gasteiger partial charge in [-0.3, -0.25) is 4.79 Å². The molecule has 0 aliphatic heterocycles. The molecule has 0 bridgehead atoms. The maximum absolute atomic E-state index is 11.2. The zero-order chi connectivity index (χ0) is 14.3. The smallest absolute Gasteiger partial charge is 0.236 e. The summed E-state index contributed by atoms with van der Waals surface area (Å²) in [5.41, 5.74) is 6.20. The predicted molar refractivity (Wildman–Crippen MR) is 77.4 cm³/mol. The van der Waals surface area contributed by atoms with Gasteiger partial charge in [-0.25, -0.2) is 9.97 Å². The number of hydrogen-bond donors (Lipinski definition) is 1. The summed E-state index contributed by atoms with van der Waals surface area (Å²) < 4.78 is 0.